The Morgan fingerprint density at radius 2 is 2.06 bits per heavy atom. The summed E-state index contributed by atoms with van der Waals surface area (Å²) < 4.78 is 31.4. The summed E-state index contributed by atoms with van der Waals surface area (Å²) in [7, 11) is -4.21. The van der Waals surface area contributed by atoms with E-state index >= 15 is 0 Å². The topological polar surface area (TPSA) is 82.5 Å². The van der Waals surface area contributed by atoms with Gasteiger partial charge in [0.2, 0.25) is 0 Å². The highest BCUT2D eigenvalue weighted by molar-refractivity contribution is 7.86. The van der Waals surface area contributed by atoms with Crippen molar-refractivity contribution < 1.29 is 13.0 Å². The van der Waals surface area contributed by atoms with Crippen molar-refractivity contribution in [2.24, 2.45) is 0 Å². The summed E-state index contributed by atoms with van der Waals surface area (Å²) in [4.78, 5) is 5.52. The zero-order valence-electron chi connectivity index (χ0n) is 8.63. The molecule has 0 bridgehead atoms. The van der Waals surface area contributed by atoms with Gasteiger partial charge in [0.15, 0.2) is 0 Å². The number of aromatic nitrogens is 1. The predicted octanol–water partition coefficient (Wildman–Crippen LogP) is -0.262. The molecule has 6 nitrogen and oxygen atoms in total. The first-order chi connectivity index (χ1) is 7.59. The first-order valence-corrected chi connectivity index (χ1v) is 6.40. The number of hydrogen-bond acceptors (Lipinski definition) is 5. The van der Waals surface area contributed by atoms with Crippen LogP contribution < -0.4 is 10.2 Å². The van der Waals surface area contributed by atoms with E-state index in [1.165, 1.54) is 12.4 Å². The minimum Gasteiger partial charge on any atom is -0.368 e. The number of hydrogen-bond donors (Lipinski definition) is 2. The van der Waals surface area contributed by atoms with Crippen LogP contribution in [0.5, 0.6) is 0 Å². The molecule has 0 aromatic carbocycles. The Bertz CT molecular complexity index is 469. The minimum atomic E-state index is -4.21. The highest BCUT2D eigenvalue weighted by Gasteiger charge is 2.20. The highest BCUT2D eigenvalue weighted by atomic mass is 32.2. The van der Waals surface area contributed by atoms with Crippen molar-refractivity contribution in [3.63, 3.8) is 0 Å². The molecule has 0 atom stereocenters. The van der Waals surface area contributed by atoms with Gasteiger partial charge in [0.1, 0.15) is 4.90 Å². The average molecular weight is 243 g/mol. The molecule has 0 aliphatic carbocycles. The quantitative estimate of drug-likeness (QED) is 0.696. The van der Waals surface area contributed by atoms with Gasteiger partial charge in [-0.05, 0) is 6.07 Å². The number of pyridine rings is 1. The Hall–Kier alpha value is -1.18. The molecule has 0 amide bonds. The molecule has 2 heterocycles. The van der Waals surface area contributed by atoms with Crippen LogP contribution in [0.1, 0.15) is 0 Å². The van der Waals surface area contributed by atoms with Crippen molar-refractivity contribution in [2.45, 2.75) is 4.90 Å². The van der Waals surface area contributed by atoms with Gasteiger partial charge < -0.3 is 10.2 Å². The molecule has 0 saturated carbocycles. The van der Waals surface area contributed by atoms with E-state index in [1.807, 2.05) is 4.90 Å². The third-order valence-corrected chi connectivity index (χ3v) is 3.37. The molecule has 0 spiro atoms. The van der Waals surface area contributed by atoms with Crippen molar-refractivity contribution in [3.05, 3.63) is 18.5 Å². The first-order valence-electron chi connectivity index (χ1n) is 4.96. The monoisotopic (exact) mass is 243 g/mol. The highest BCUT2D eigenvalue weighted by Crippen LogP contribution is 2.23. The lowest BCUT2D eigenvalue weighted by Gasteiger charge is -2.30. The van der Waals surface area contributed by atoms with Crippen LogP contribution >= 0.6 is 0 Å². The summed E-state index contributed by atoms with van der Waals surface area (Å²) in [6, 6.07) is 1.61. The smallest absolute Gasteiger partial charge is 0.298 e. The SMILES string of the molecule is O=S(=O)(O)c1cnccc1N1CCNCC1. The molecular formula is C9H13N3O3S. The zero-order valence-corrected chi connectivity index (χ0v) is 9.44. The molecule has 16 heavy (non-hydrogen) atoms. The zero-order chi connectivity index (χ0) is 11.6. The van der Waals surface area contributed by atoms with E-state index in [-0.39, 0.29) is 4.90 Å². The summed E-state index contributed by atoms with van der Waals surface area (Å²) >= 11 is 0. The molecule has 1 saturated heterocycles. The van der Waals surface area contributed by atoms with Gasteiger partial charge in [0.25, 0.3) is 10.1 Å². The van der Waals surface area contributed by atoms with Crippen LogP contribution in [-0.2, 0) is 10.1 Å². The molecule has 1 aliphatic rings. The van der Waals surface area contributed by atoms with Gasteiger partial charge in [0.05, 0.1) is 11.9 Å². The van der Waals surface area contributed by atoms with Crippen molar-refractivity contribution in [1.82, 2.24) is 10.3 Å². The van der Waals surface area contributed by atoms with Crippen LogP contribution in [0.3, 0.4) is 0 Å². The van der Waals surface area contributed by atoms with Crippen LogP contribution in [0.15, 0.2) is 23.4 Å². The molecule has 2 rings (SSSR count). The normalized spacial score (nSPS) is 17.4. The lowest BCUT2D eigenvalue weighted by molar-refractivity contribution is 0.482. The van der Waals surface area contributed by atoms with Crippen LogP contribution in [0.25, 0.3) is 0 Å². The number of nitrogens with one attached hydrogen (secondary N) is 1. The molecule has 7 heteroatoms. The van der Waals surface area contributed by atoms with E-state index in [1.54, 1.807) is 6.07 Å². The fourth-order valence-electron chi connectivity index (χ4n) is 1.74. The van der Waals surface area contributed by atoms with Gasteiger partial charge in [-0.25, -0.2) is 0 Å². The number of anilines is 1. The van der Waals surface area contributed by atoms with Crippen molar-refractivity contribution >= 4 is 15.8 Å². The number of rotatable bonds is 2. The Balaban J connectivity index is 2.40. The van der Waals surface area contributed by atoms with E-state index in [0.29, 0.717) is 18.8 Å². The second-order valence-corrected chi connectivity index (χ2v) is 4.95. The van der Waals surface area contributed by atoms with Crippen molar-refractivity contribution in [1.29, 1.82) is 0 Å². The maximum Gasteiger partial charge on any atom is 0.298 e. The van der Waals surface area contributed by atoms with E-state index in [9.17, 15) is 8.42 Å². The van der Waals surface area contributed by atoms with E-state index < -0.39 is 10.1 Å². The molecule has 88 valence electrons. The summed E-state index contributed by atoms with van der Waals surface area (Å²) in [6.07, 6.45) is 2.69. The Morgan fingerprint density at radius 1 is 1.38 bits per heavy atom. The molecule has 0 unspecified atom stereocenters. The van der Waals surface area contributed by atoms with E-state index in [4.69, 9.17) is 4.55 Å². The minimum absolute atomic E-state index is 0.128. The lowest BCUT2D eigenvalue weighted by Crippen LogP contribution is -2.44. The molecule has 2 N–H and O–H groups in total. The Morgan fingerprint density at radius 3 is 2.69 bits per heavy atom. The average Bonchev–Trinajstić information content (AvgIpc) is 2.29. The van der Waals surface area contributed by atoms with Gasteiger partial charge in [0, 0.05) is 32.4 Å². The third-order valence-electron chi connectivity index (χ3n) is 2.50. The largest absolute Gasteiger partial charge is 0.368 e. The summed E-state index contributed by atoms with van der Waals surface area (Å²) in [5, 5.41) is 3.17. The Labute approximate surface area is 94.0 Å². The second kappa shape index (κ2) is 4.36. The maximum atomic E-state index is 11.2. The first kappa shape index (κ1) is 11.3. The standard InChI is InChI=1S/C9H13N3O3S/c13-16(14,15)9-7-11-2-1-8(9)12-5-3-10-4-6-12/h1-2,7,10H,3-6H2,(H,13,14,15). The number of nitrogens with zero attached hydrogens (tertiary/aromatic N) is 2. The van der Waals surface area contributed by atoms with Crippen LogP contribution in [0.4, 0.5) is 5.69 Å². The molecular weight excluding hydrogens is 230 g/mol. The Kier molecular flexibility index (Phi) is 3.08. The van der Waals surface area contributed by atoms with Crippen LogP contribution in [0, 0.1) is 0 Å². The van der Waals surface area contributed by atoms with Gasteiger partial charge in [-0.15, -0.1) is 0 Å². The van der Waals surface area contributed by atoms with Crippen molar-refractivity contribution in [2.75, 3.05) is 31.1 Å². The molecule has 1 aromatic heterocycles. The molecule has 1 aliphatic heterocycles. The maximum absolute atomic E-state index is 11.2. The van der Waals surface area contributed by atoms with Crippen molar-refractivity contribution in [3.8, 4) is 0 Å². The fraction of sp³-hybridized carbons (Fsp3) is 0.444. The molecule has 0 radical (unpaired) electrons. The van der Waals surface area contributed by atoms with E-state index in [2.05, 4.69) is 10.3 Å². The van der Waals surface area contributed by atoms with Gasteiger partial charge >= 0.3 is 0 Å². The second-order valence-electron chi connectivity index (χ2n) is 3.56. The number of piperazine rings is 1. The van der Waals surface area contributed by atoms with Gasteiger partial charge in [-0.2, -0.15) is 8.42 Å². The summed E-state index contributed by atoms with van der Waals surface area (Å²) in [5.74, 6) is 0. The fourth-order valence-corrected chi connectivity index (χ4v) is 2.39. The lowest BCUT2D eigenvalue weighted by atomic mass is 10.3. The molecule has 1 aromatic rings. The predicted molar refractivity (Wildman–Crippen MR) is 59.1 cm³/mol. The van der Waals surface area contributed by atoms with Gasteiger partial charge in [-0.1, -0.05) is 0 Å². The third kappa shape index (κ3) is 2.31. The van der Waals surface area contributed by atoms with E-state index in [0.717, 1.165) is 13.1 Å². The summed E-state index contributed by atoms with van der Waals surface area (Å²) in [6.45, 7) is 3.03. The van der Waals surface area contributed by atoms with Crippen LogP contribution in [0.2, 0.25) is 0 Å². The van der Waals surface area contributed by atoms with Gasteiger partial charge in [-0.3, -0.25) is 9.54 Å². The molecule has 1 fully saturated rings. The van der Waals surface area contributed by atoms with Crippen LogP contribution in [-0.4, -0.2) is 44.1 Å². The summed E-state index contributed by atoms with van der Waals surface area (Å²) in [5.41, 5.74) is 0.513.